The summed E-state index contributed by atoms with van der Waals surface area (Å²) in [6, 6.07) is 7.07. The van der Waals surface area contributed by atoms with Gasteiger partial charge in [0.15, 0.2) is 8.32 Å². The van der Waals surface area contributed by atoms with Gasteiger partial charge in [-0.2, -0.15) is 0 Å². The molecular weight excluding hydrogens is 312 g/mol. The Morgan fingerprint density at radius 1 is 1.09 bits per heavy atom. The van der Waals surface area contributed by atoms with E-state index in [0.29, 0.717) is 4.90 Å². The molecule has 5 heteroatoms. The van der Waals surface area contributed by atoms with Crippen molar-refractivity contribution in [1.29, 1.82) is 0 Å². The molecule has 1 rings (SSSR count). The van der Waals surface area contributed by atoms with Crippen molar-refractivity contribution in [2.45, 2.75) is 76.1 Å². The second-order valence-electron chi connectivity index (χ2n) is 8.00. The number of aryl methyl sites for hydroxylation is 1. The number of benzene rings is 1. The summed E-state index contributed by atoms with van der Waals surface area (Å²) in [4.78, 5) is 0.334. The Kier molecular flexibility index (Phi) is 6.18. The molecule has 0 aliphatic heterocycles. The number of hydrogen-bond donors (Lipinski definition) is 0. The van der Waals surface area contributed by atoms with E-state index in [4.69, 9.17) is 4.43 Å². The molecule has 1 atom stereocenters. The molecule has 1 unspecified atom stereocenters. The second-order valence-corrected chi connectivity index (χ2v) is 13.7. The Morgan fingerprint density at radius 2 is 1.59 bits per heavy atom. The molecule has 0 radical (unpaired) electrons. The lowest BCUT2D eigenvalue weighted by molar-refractivity contribution is 0.0826. The van der Waals surface area contributed by atoms with Crippen molar-refractivity contribution >= 4 is 19.4 Å². The molecule has 0 bridgehead atoms. The maximum absolute atomic E-state index is 10.9. The van der Waals surface area contributed by atoms with E-state index in [9.17, 15) is 8.76 Å². The van der Waals surface area contributed by atoms with E-state index in [1.54, 1.807) is 12.1 Å². The van der Waals surface area contributed by atoms with E-state index >= 15 is 0 Å². The zero-order valence-corrected chi connectivity index (χ0v) is 16.7. The van der Waals surface area contributed by atoms with Crippen LogP contribution in [-0.2, 0) is 21.9 Å². The van der Waals surface area contributed by atoms with Crippen LogP contribution in [0.1, 0.15) is 46.6 Å². The molecule has 0 spiro atoms. The van der Waals surface area contributed by atoms with Gasteiger partial charge in [-0.3, -0.25) is 4.21 Å². The summed E-state index contributed by atoms with van der Waals surface area (Å²) >= 11 is -2.15. The quantitative estimate of drug-likeness (QED) is 0.558. The van der Waals surface area contributed by atoms with Gasteiger partial charge in [-0.15, -0.1) is 0 Å². The first kappa shape index (κ1) is 19.6. The van der Waals surface area contributed by atoms with Crippen LogP contribution in [0, 0.1) is 0 Å². The van der Waals surface area contributed by atoms with Crippen molar-refractivity contribution in [1.82, 2.24) is 0 Å². The minimum Gasteiger partial charge on any atom is -0.768 e. The van der Waals surface area contributed by atoms with Crippen LogP contribution in [-0.4, -0.2) is 22.7 Å². The van der Waals surface area contributed by atoms with Gasteiger partial charge in [-0.05, 0) is 73.6 Å². The van der Waals surface area contributed by atoms with Gasteiger partial charge in [-0.25, -0.2) is 0 Å². The molecule has 0 amide bonds. The minimum atomic E-state index is -2.15. The molecule has 0 aliphatic carbocycles. The van der Waals surface area contributed by atoms with Gasteiger partial charge in [0.05, 0.1) is 5.60 Å². The number of hydrogen-bond acceptors (Lipinski definition) is 3. The van der Waals surface area contributed by atoms with Crippen molar-refractivity contribution in [3.8, 4) is 0 Å². The molecule has 0 aromatic heterocycles. The fourth-order valence-corrected chi connectivity index (χ4v) is 4.26. The molecule has 22 heavy (non-hydrogen) atoms. The van der Waals surface area contributed by atoms with Crippen molar-refractivity contribution in [3.05, 3.63) is 29.8 Å². The van der Waals surface area contributed by atoms with Gasteiger partial charge in [-0.1, -0.05) is 32.9 Å². The number of rotatable bonds is 6. The van der Waals surface area contributed by atoms with E-state index in [-0.39, 0.29) is 10.6 Å². The van der Waals surface area contributed by atoms with Crippen LogP contribution < -0.4 is 0 Å². The Hall–Kier alpha value is -0.493. The lowest BCUT2D eigenvalue weighted by atomic mass is 9.99. The van der Waals surface area contributed by atoms with Crippen molar-refractivity contribution in [3.63, 3.8) is 0 Å². The van der Waals surface area contributed by atoms with Gasteiger partial charge in [0.2, 0.25) is 0 Å². The summed E-state index contributed by atoms with van der Waals surface area (Å²) in [6.45, 7) is 15.6. The van der Waals surface area contributed by atoms with Crippen LogP contribution in [0.3, 0.4) is 0 Å². The van der Waals surface area contributed by atoms with Crippen LogP contribution in [0.25, 0.3) is 0 Å². The molecule has 3 nitrogen and oxygen atoms in total. The third-order valence-electron chi connectivity index (χ3n) is 4.47. The molecule has 0 heterocycles. The molecule has 126 valence electrons. The monoisotopic (exact) mass is 341 g/mol. The summed E-state index contributed by atoms with van der Waals surface area (Å²) in [5, 5.41) is 0.199. The molecule has 1 aromatic rings. The first-order chi connectivity index (χ1) is 9.84. The van der Waals surface area contributed by atoms with Gasteiger partial charge in [0.1, 0.15) is 0 Å². The third-order valence-corrected chi connectivity index (χ3v) is 9.80. The molecule has 0 aliphatic rings. The van der Waals surface area contributed by atoms with Gasteiger partial charge in [0.25, 0.3) is 0 Å². The second kappa shape index (κ2) is 6.95. The zero-order chi connectivity index (χ0) is 17.2. The normalized spacial score (nSPS) is 14.9. The van der Waals surface area contributed by atoms with E-state index in [0.717, 1.165) is 18.4 Å². The molecule has 0 saturated heterocycles. The first-order valence-electron chi connectivity index (χ1n) is 7.72. The Bertz CT molecular complexity index is 516. The highest BCUT2D eigenvalue weighted by Crippen LogP contribution is 2.39. The van der Waals surface area contributed by atoms with Gasteiger partial charge < -0.3 is 8.98 Å². The van der Waals surface area contributed by atoms with Crippen LogP contribution in [0.5, 0.6) is 0 Å². The lowest BCUT2D eigenvalue weighted by Gasteiger charge is -2.43. The fraction of sp³-hybridized carbons (Fsp3) is 0.647. The van der Waals surface area contributed by atoms with Gasteiger partial charge >= 0.3 is 0 Å². The smallest absolute Gasteiger partial charge is 0.192 e. The van der Waals surface area contributed by atoms with E-state index in [2.05, 4.69) is 47.7 Å². The highest BCUT2D eigenvalue weighted by molar-refractivity contribution is 7.79. The van der Waals surface area contributed by atoms with Crippen LogP contribution >= 0.6 is 0 Å². The highest BCUT2D eigenvalue weighted by Gasteiger charge is 2.41. The SMILES string of the molecule is CC(C)(CCc1ccc(S(=O)[O-])cc1)O[Si](C)(C)C(C)(C)C. The minimum absolute atomic E-state index is 0.178. The van der Waals surface area contributed by atoms with E-state index in [1.807, 2.05) is 12.1 Å². The fourth-order valence-electron chi connectivity index (χ4n) is 2.11. The summed E-state index contributed by atoms with van der Waals surface area (Å²) in [6.07, 6.45) is 1.80. The average Bonchev–Trinajstić information content (AvgIpc) is 2.34. The van der Waals surface area contributed by atoms with Crippen molar-refractivity contribution < 1.29 is 13.2 Å². The molecule has 1 aromatic carbocycles. The molecule has 0 saturated carbocycles. The summed E-state index contributed by atoms with van der Waals surface area (Å²) < 4.78 is 28.2. The van der Waals surface area contributed by atoms with Crippen LogP contribution in [0.4, 0.5) is 0 Å². The van der Waals surface area contributed by atoms with Crippen LogP contribution in [0.2, 0.25) is 18.1 Å². The summed E-state index contributed by atoms with van der Waals surface area (Å²) in [5.74, 6) is 0. The Balaban J connectivity index is 2.67. The molecule has 0 N–H and O–H groups in total. The molecule has 0 fully saturated rings. The summed E-state index contributed by atoms with van der Waals surface area (Å²) in [7, 11) is -1.78. The first-order valence-corrected chi connectivity index (χ1v) is 11.7. The van der Waals surface area contributed by atoms with Crippen molar-refractivity contribution in [2.24, 2.45) is 0 Å². The lowest BCUT2D eigenvalue weighted by Crippen LogP contribution is -2.47. The zero-order valence-electron chi connectivity index (χ0n) is 14.9. The average molecular weight is 342 g/mol. The topological polar surface area (TPSA) is 49.4 Å². The standard InChI is InChI=1S/C17H30O3SSi/c1-16(2,3)22(6,7)20-17(4,5)13-12-14-8-10-15(11-9-14)21(18)19/h8-11H,12-13H2,1-7H3,(H,18,19)/p-1. The Morgan fingerprint density at radius 3 is 2.00 bits per heavy atom. The maximum Gasteiger partial charge on any atom is 0.192 e. The van der Waals surface area contributed by atoms with Gasteiger partial charge in [0, 0.05) is 4.90 Å². The van der Waals surface area contributed by atoms with E-state index < -0.39 is 19.4 Å². The van der Waals surface area contributed by atoms with Crippen molar-refractivity contribution in [2.75, 3.05) is 0 Å². The largest absolute Gasteiger partial charge is 0.768 e. The summed E-state index contributed by atoms with van der Waals surface area (Å²) in [5.41, 5.74) is 0.962. The molecular formula is C17H29O3SSi-. The predicted molar refractivity (Wildman–Crippen MR) is 94.3 cm³/mol. The maximum atomic E-state index is 10.9. The van der Waals surface area contributed by atoms with Crippen LogP contribution in [0.15, 0.2) is 29.2 Å². The Labute approximate surface area is 138 Å². The van der Waals surface area contributed by atoms with E-state index in [1.165, 1.54) is 0 Å². The predicted octanol–water partition coefficient (Wildman–Crippen LogP) is 4.66. The highest BCUT2D eigenvalue weighted by atomic mass is 32.2. The third kappa shape index (κ3) is 5.61.